The number of alkyl halides is 3. The maximum Gasteiger partial charge on any atom is 0.416 e. The van der Waals surface area contributed by atoms with Crippen molar-refractivity contribution in [3.05, 3.63) is 81.0 Å². The van der Waals surface area contributed by atoms with Gasteiger partial charge in [0.15, 0.2) is 0 Å². The molecule has 0 aliphatic carbocycles. The molecule has 1 aromatic carbocycles. The molecule has 196 valence electrons. The van der Waals surface area contributed by atoms with Gasteiger partial charge in [0, 0.05) is 30.4 Å². The lowest BCUT2D eigenvalue weighted by Crippen LogP contribution is -2.37. The predicted molar refractivity (Wildman–Crippen MR) is 138 cm³/mol. The van der Waals surface area contributed by atoms with Gasteiger partial charge < -0.3 is 19.5 Å². The summed E-state index contributed by atoms with van der Waals surface area (Å²) in [7, 11) is 0. The van der Waals surface area contributed by atoms with Gasteiger partial charge in [-0.25, -0.2) is 9.97 Å². The highest BCUT2D eigenvalue weighted by atomic mass is 19.4. The average Bonchev–Trinajstić information content (AvgIpc) is 3.34. The number of benzene rings is 1. The first kappa shape index (κ1) is 24.4. The number of nitrogens with one attached hydrogen (secondary N) is 1. The standard InChI is InChI=1S/C27H25F3N6O2/c1-15(17-4-3-5-19(10-17)27(28,29)30)32-24-22-12-21(18-6-8-35(23(37)11-18)20-13-38-14-20)25-31-7-9-36(25)26(22)34-16(2)33-24/h3-6,8,10-12,15,20H,7,9,13-14H2,1-2H3,(H,32,33,34). The first-order valence-electron chi connectivity index (χ1n) is 12.4. The van der Waals surface area contributed by atoms with E-state index in [0.717, 1.165) is 29.1 Å². The van der Waals surface area contributed by atoms with Crippen LogP contribution >= 0.6 is 0 Å². The zero-order chi connectivity index (χ0) is 26.6. The first-order valence-corrected chi connectivity index (χ1v) is 12.4. The van der Waals surface area contributed by atoms with Crippen molar-refractivity contribution in [2.75, 3.05) is 36.5 Å². The molecule has 3 aliphatic rings. The fourth-order valence-corrected chi connectivity index (χ4v) is 4.94. The molecular formula is C27H25F3N6O2. The monoisotopic (exact) mass is 522 g/mol. The molecule has 1 saturated heterocycles. The van der Waals surface area contributed by atoms with Gasteiger partial charge in [-0.3, -0.25) is 9.79 Å². The second-order valence-electron chi connectivity index (χ2n) is 9.61. The van der Waals surface area contributed by atoms with E-state index < -0.39 is 17.8 Å². The molecule has 0 saturated carbocycles. The molecule has 2 aromatic heterocycles. The first-order chi connectivity index (χ1) is 18.2. The van der Waals surface area contributed by atoms with Crippen LogP contribution in [-0.2, 0) is 10.9 Å². The average molecular weight is 523 g/mol. The molecule has 1 N–H and O–H groups in total. The van der Waals surface area contributed by atoms with E-state index in [-0.39, 0.29) is 11.6 Å². The maximum atomic E-state index is 13.3. The van der Waals surface area contributed by atoms with Crippen LogP contribution in [0.25, 0.3) is 11.6 Å². The number of ether oxygens (including phenoxy) is 1. The summed E-state index contributed by atoms with van der Waals surface area (Å²) in [5, 5.41) is 3.30. The Bertz CT molecular complexity index is 1540. The Hall–Kier alpha value is -3.99. The third-order valence-electron chi connectivity index (χ3n) is 7.00. The fraction of sp³-hybridized carbons (Fsp3) is 0.333. The van der Waals surface area contributed by atoms with Crippen LogP contribution in [-0.4, -0.2) is 46.7 Å². The van der Waals surface area contributed by atoms with Crippen molar-refractivity contribution >= 4 is 29.1 Å². The van der Waals surface area contributed by atoms with Gasteiger partial charge in [-0.1, -0.05) is 12.1 Å². The number of anilines is 2. The van der Waals surface area contributed by atoms with Crippen LogP contribution in [0, 0.1) is 6.92 Å². The third kappa shape index (κ3) is 4.26. The number of aliphatic imine (C=N–C) groups is 1. The Morgan fingerprint density at radius 1 is 1.16 bits per heavy atom. The third-order valence-corrected chi connectivity index (χ3v) is 7.00. The molecule has 38 heavy (non-hydrogen) atoms. The van der Waals surface area contributed by atoms with E-state index in [0.29, 0.717) is 54.9 Å². The molecule has 0 bridgehead atoms. The molecule has 11 heteroatoms. The minimum atomic E-state index is -4.43. The summed E-state index contributed by atoms with van der Waals surface area (Å²) in [6, 6.07) is 8.33. The van der Waals surface area contributed by atoms with Gasteiger partial charge in [0.2, 0.25) is 0 Å². The Labute approximate surface area is 216 Å². The normalized spacial score (nSPS) is 17.8. The molecule has 1 fully saturated rings. The molecule has 1 atom stereocenters. The van der Waals surface area contributed by atoms with E-state index in [1.807, 2.05) is 17.0 Å². The van der Waals surface area contributed by atoms with Crippen molar-refractivity contribution < 1.29 is 17.9 Å². The Morgan fingerprint density at radius 3 is 2.68 bits per heavy atom. The molecule has 3 aromatic rings. The zero-order valence-corrected chi connectivity index (χ0v) is 20.8. The second kappa shape index (κ2) is 9.09. The number of fused-ring (bicyclic) bond motifs is 3. The Balaban J connectivity index is 1.40. The van der Waals surface area contributed by atoms with Gasteiger partial charge in [-0.05, 0) is 49.2 Å². The van der Waals surface area contributed by atoms with E-state index in [2.05, 4.69) is 20.3 Å². The molecule has 0 radical (unpaired) electrons. The summed E-state index contributed by atoms with van der Waals surface area (Å²) in [6.07, 6.45) is -0.743. The number of hydrogen-bond acceptors (Lipinski definition) is 7. The number of rotatable bonds is 5. The highest BCUT2D eigenvalue weighted by Gasteiger charge is 2.34. The summed E-state index contributed by atoms with van der Waals surface area (Å²) in [4.78, 5) is 28.8. The van der Waals surface area contributed by atoms with E-state index in [1.165, 1.54) is 6.07 Å². The van der Waals surface area contributed by atoms with Crippen molar-refractivity contribution in [3.8, 4) is 0 Å². The number of aromatic nitrogens is 3. The van der Waals surface area contributed by atoms with Crippen molar-refractivity contribution in [2.24, 2.45) is 4.99 Å². The number of aryl methyl sites for hydroxylation is 1. The van der Waals surface area contributed by atoms with Crippen LogP contribution in [0.3, 0.4) is 0 Å². The van der Waals surface area contributed by atoms with Crippen molar-refractivity contribution in [2.45, 2.75) is 32.1 Å². The van der Waals surface area contributed by atoms with Crippen LogP contribution in [0.2, 0.25) is 0 Å². The minimum absolute atomic E-state index is 0.0439. The van der Waals surface area contributed by atoms with Crippen LogP contribution in [0.1, 0.15) is 47.1 Å². The van der Waals surface area contributed by atoms with E-state index in [4.69, 9.17) is 4.74 Å². The number of halogens is 3. The Morgan fingerprint density at radius 2 is 1.97 bits per heavy atom. The molecule has 6 rings (SSSR count). The molecule has 3 aliphatic heterocycles. The fourth-order valence-electron chi connectivity index (χ4n) is 4.94. The number of amidine groups is 1. The summed E-state index contributed by atoms with van der Waals surface area (Å²) in [5.74, 6) is 2.43. The Kier molecular flexibility index (Phi) is 5.82. The van der Waals surface area contributed by atoms with Crippen molar-refractivity contribution in [1.29, 1.82) is 0 Å². The summed E-state index contributed by atoms with van der Waals surface area (Å²) in [6.45, 7) is 5.80. The van der Waals surface area contributed by atoms with Gasteiger partial charge >= 0.3 is 6.18 Å². The summed E-state index contributed by atoms with van der Waals surface area (Å²) < 4.78 is 46.8. The van der Waals surface area contributed by atoms with E-state index in [1.54, 1.807) is 36.7 Å². The molecule has 0 spiro atoms. The molecule has 0 amide bonds. The molecule has 1 unspecified atom stereocenters. The van der Waals surface area contributed by atoms with Crippen LogP contribution in [0.15, 0.2) is 52.4 Å². The van der Waals surface area contributed by atoms with Crippen molar-refractivity contribution in [1.82, 2.24) is 14.5 Å². The van der Waals surface area contributed by atoms with Crippen LogP contribution in [0.4, 0.5) is 24.8 Å². The van der Waals surface area contributed by atoms with Crippen LogP contribution in [0.5, 0.6) is 0 Å². The van der Waals surface area contributed by atoms with Crippen molar-refractivity contribution in [3.63, 3.8) is 0 Å². The maximum absolute atomic E-state index is 13.3. The van der Waals surface area contributed by atoms with E-state index >= 15 is 0 Å². The number of nitrogens with zero attached hydrogens (tertiary/aromatic N) is 5. The highest BCUT2D eigenvalue weighted by Crippen LogP contribution is 2.39. The number of pyridine rings is 1. The summed E-state index contributed by atoms with van der Waals surface area (Å²) >= 11 is 0. The zero-order valence-electron chi connectivity index (χ0n) is 20.8. The van der Waals surface area contributed by atoms with Gasteiger partial charge in [0.1, 0.15) is 23.3 Å². The van der Waals surface area contributed by atoms with E-state index in [9.17, 15) is 18.0 Å². The van der Waals surface area contributed by atoms with Gasteiger partial charge in [-0.2, -0.15) is 13.2 Å². The van der Waals surface area contributed by atoms with Gasteiger partial charge in [-0.15, -0.1) is 0 Å². The smallest absolute Gasteiger partial charge is 0.377 e. The van der Waals surface area contributed by atoms with Gasteiger partial charge in [0.25, 0.3) is 5.56 Å². The summed E-state index contributed by atoms with van der Waals surface area (Å²) in [5.41, 5.74) is 1.85. The van der Waals surface area contributed by atoms with Crippen LogP contribution < -0.4 is 15.8 Å². The topological polar surface area (TPSA) is 84.6 Å². The second-order valence-corrected chi connectivity index (χ2v) is 9.61. The minimum Gasteiger partial charge on any atom is -0.377 e. The SMILES string of the molecule is Cc1nc(NC(C)c2cccc(C(F)(F)F)c2)c2c(n1)N1CCN=C1C(c1ccn(C3COC3)c(=O)c1)=C2. The largest absolute Gasteiger partial charge is 0.416 e. The quantitative estimate of drug-likeness (QED) is 0.532. The van der Waals surface area contributed by atoms with Gasteiger partial charge in [0.05, 0.1) is 36.9 Å². The number of hydrogen-bond donors (Lipinski definition) is 1. The predicted octanol–water partition coefficient (Wildman–Crippen LogP) is 4.48. The molecular weight excluding hydrogens is 497 g/mol. The molecule has 8 nitrogen and oxygen atoms in total. The lowest BCUT2D eigenvalue weighted by molar-refractivity contribution is -0.137. The molecule has 5 heterocycles. The lowest BCUT2D eigenvalue weighted by atomic mass is 9.98. The highest BCUT2D eigenvalue weighted by molar-refractivity contribution is 6.36. The lowest BCUT2D eigenvalue weighted by Gasteiger charge is -2.30.